The molecule has 0 fully saturated rings. The molecule has 0 aliphatic carbocycles. The van der Waals surface area contributed by atoms with E-state index in [2.05, 4.69) is 44.2 Å². The zero-order valence-electron chi connectivity index (χ0n) is 32.5. The smallest absolute Gasteiger partial charge is 0.220 e. The number of hydrogen-bond donors (Lipinski definition) is 3. The largest absolute Gasteiger partial charge is 0.394 e. The highest BCUT2D eigenvalue weighted by atomic mass is 32.2. The molecule has 0 bridgehead atoms. The molecule has 4 unspecified atom stereocenters. The van der Waals surface area contributed by atoms with Crippen LogP contribution >= 0.6 is 47.0 Å². The fraction of sp³-hybridized carbons (Fsp3) is 0.975. The Bertz CT molecular complexity index is 689. The molecule has 6 atom stereocenters. The van der Waals surface area contributed by atoms with Crippen molar-refractivity contribution in [3.8, 4) is 0 Å². The molecule has 3 N–H and O–H groups in total. The lowest BCUT2D eigenvalue weighted by Gasteiger charge is -2.34. The van der Waals surface area contributed by atoms with Gasteiger partial charge >= 0.3 is 0 Å². The standard InChI is InChI=1S/C40H81NO3S4/c1-7-9-11-13-15-16-17-18-19-20-21-22-24-26-28-30-38(43)41-34(33-42)39(44)40(48-6)37(47-5)32-31-36(46-4)35(45-3)29-27-25-23-14-12-10-8-2/h34-37,39-40,42,44H,7-33H2,1-6H3,(H,41,43)/t34-,35?,36?,37?,39-,40?/m0/s1. The van der Waals surface area contributed by atoms with E-state index in [9.17, 15) is 15.0 Å². The molecule has 0 aliphatic rings. The van der Waals surface area contributed by atoms with Crippen molar-refractivity contribution in [3.05, 3.63) is 0 Å². The average molecular weight is 752 g/mol. The van der Waals surface area contributed by atoms with Gasteiger partial charge in [0.1, 0.15) is 0 Å². The maximum absolute atomic E-state index is 12.8. The van der Waals surface area contributed by atoms with Crippen molar-refractivity contribution < 1.29 is 15.0 Å². The van der Waals surface area contributed by atoms with E-state index in [4.69, 9.17) is 0 Å². The fourth-order valence-corrected chi connectivity index (χ4v) is 11.6. The van der Waals surface area contributed by atoms with Gasteiger partial charge in [-0.2, -0.15) is 47.0 Å². The molecule has 0 aromatic rings. The summed E-state index contributed by atoms with van der Waals surface area (Å²) in [5.74, 6) is -0.0426. The molecule has 1 amide bonds. The summed E-state index contributed by atoms with van der Waals surface area (Å²) in [6.07, 6.45) is 41.0. The van der Waals surface area contributed by atoms with Crippen LogP contribution in [0.5, 0.6) is 0 Å². The zero-order chi connectivity index (χ0) is 35.7. The van der Waals surface area contributed by atoms with Gasteiger partial charge < -0.3 is 15.5 Å². The number of nitrogens with one attached hydrogen (secondary N) is 1. The molecule has 48 heavy (non-hydrogen) atoms. The number of amides is 1. The van der Waals surface area contributed by atoms with Gasteiger partial charge in [-0.25, -0.2) is 0 Å². The number of aliphatic hydroxyl groups is 2. The first kappa shape index (κ1) is 48.8. The summed E-state index contributed by atoms with van der Waals surface area (Å²) in [7, 11) is 0. The third-order valence-corrected chi connectivity index (χ3v) is 15.1. The Kier molecular flexibility index (Phi) is 36.8. The second-order valence-corrected chi connectivity index (χ2v) is 18.3. The Morgan fingerprint density at radius 1 is 0.521 bits per heavy atom. The van der Waals surface area contributed by atoms with Crippen LogP contribution in [-0.2, 0) is 4.79 Å². The Labute approximate surface area is 317 Å². The number of carbonyl (C=O) groups excluding carboxylic acids is 1. The third-order valence-electron chi connectivity index (χ3n) is 10.1. The lowest BCUT2D eigenvalue weighted by atomic mass is 10.00. The van der Waals surface area contributed by atoms with Crippen LogP contribution in [0, 0.1) is 0 Å². The first-order chi connectivity index (χ1) is 23.4. The molecule has 0 spiro atoms. The number of carbonyl (C=O) groups is 1. The third kappa shape index (κ3) is 25.7. The van der Waals surface area contributed by atoms with Crippen molar-refractivity contribution in [2.75, 3.05) is 31.6 Å². The van der Waals surface area contributed by atoms with Gasteiger partial charge in [0, 0.05) is 27.4 Å². The molecule has 4 nitrogen and oxygen atoms in total. The van der Waals surface area contributed by atoms with Crippen molar-refractivity contribution in [3.63, 3.8) is 0 Å². The van der Waals surface area contributed by atoms with E-state index in [1.54, 1.807) is 11.8 Å². The van der Waals surface area contributed by atoms with Gasteiger partial charge in [-0.1, -0.05) is 149 Å². The van der Waals surface area contributed by atoms with E-state index < -0.39 is 12.1 Å². The predicted octanol–water partition coefficient (Wildman–Crippen LogP) is 11.9. The number of aliphatic hydroxyl groups excluding tert-OH is 2. The Balaban J connectivity index is 4.43. The molecule has 0 aromatic heterocycles. The van der Waals surface area contributed by atoms with E-state index in [1.807, 2.05) is 35.3 Å². The maximum atomic E-state index is 12.8. The Morgan fingerprint density at radius 3 is 1.29 bits per heavy atom. The zero-order valence-corrected chi connectivity index (χ0v) is 35.8. The van der Waals surface area contributed by atoms with Crippen LogP contribution in [0.1, 0.15) is 181 Å². The molecular formula is C40H81NO3S4. The van der Waals surface area contributed by atoms with Crippen molar-refractivity contribution in [2.45, 2.75) is 214 Å². The Hall–Kier alpha value is 0.790. The highest BCUT2D eigenvalue weighted by Crippen LogP contribution is 2.34. The average Bonchev–Trinajstić information content (AvgIpc) is 3.10. The molecule has 0 rings (SSSR count). The summed E-state index contributed by atoms with van der Waals surface area (Å²) in [4.78, 5) is 12.8. The van der Waals surface area contributed by atoms with Crippen molar-refractivity contribution in [2.24, 2.45) is 0 Å². The Morgan fingerprint density at radius 2 is 0.896 bits per heavy atom. The summed E-state index contributed by atoms with van der Waals surface area (Å²) in [6.45, 7) is 4.33. The van der Waals surface area contributed by atoms with Gasteiger partial charge in [-0.3, -0.25) is 4.79 Å². The molecule has 288 valence electrons. The summed E-state index contributed by atoms with van der Waals surface area (Å²) < 4.78 is 0. The molecule has 0 saturated heterocycles. The minimum atomic E-state index is -0.774. The van der Waals surface area contributed by atoms with E-state index in [0.29, 0.717) is 16.9 Å². The monoisotopic (exact) mass is 752 g/mol. The molecule has 8 heteroatoms. The SMILES string of the molecule is CCCCCCCCCCCCCCCCCC(=O)N[C@@H](CO)[C@H](O)C(SC)C(CCC(SC)C(CCCCCCCCC)SC)SC. The van der Waals surface area contributed by atoms with E-state index in [0.717, 1.165) is 25.7 Å². The first-order valence-corrected chi connectivity index (χ1v) is 25.3. The van der Waals surface area contributed by atoms with Crippen molar-refractivity contribution >= 4 is 53.0 Å². The van der Waals surface area contributed by atoms with Crippen LogP contribution < -0.4 is 5.32 Å². The second-order valence-electron chi connectivity index (χ2n) is 14.1. The summed E-state index contributed by atoms with van der Waals surface area (Å²) in [5.41, 5.74) is 0. The van der Waals surface area contributed by atoms with Crippen LogP contribution in [0.4, 0.5) is 0 Å². The minimum absolute atomic E-state index is 0.0402. The van der Waals surface area contributed by atoms with E-state index >= 15 is 0 Å². The fourth-order valence-electron chi connectivity index (χ4n) is 6.87. The van der Waals surface area contributed by atoms with Crippen LogP contribution in [0.25, 0.3) is 0 Å². The molecule has 0 saturated carbocycles. The summed E-state index contributed by atoms with van der Waals surface area (Å²) >= 11 is 7.52. The number of unbranched alkanes of at least 4 members (excludes halogenated alkanes) is 20. The maximum Gasteiger partial charge on any atom is 0.220 e. The number of hydrogen-bond acceptors (Lipinski definition) is 7. The molecule has 0 heterocycles. The van der Waals surface area contributed by atoms with Gasteiger partial charge in [-0.15, -0.1) is 0 Å². The van der Waals surface area contributed by atoms with Crippen molar-refractivity contribution in [1.82, 2.24) is 5.32 Å². The minimum Gasteiger partial charge on any atom is -0.394 e. The number of rotatable bonds is 37. The molecule has 0 radical (unpaired) electrons. The van der Waals surface area contributed by atoms with Gasteiger partial charge in [0.25, 0.3) is 0 Å². The highest BCUT2D eigenvalue weighted by Gasteiger charge is 2.34. The van der Waals surface area contributed by atoms with Gasteiger partial charge in [0.2, 0.25) is 5.91 Å². The summed E-state index contributed by atoms with van der Waals surface area (Å²) in [6, 6.07) is -0.617. The normalized spacial score (nSPS) is 15.6. The van der Waals surface area contributed by atoms with Gasteiger partial charge in [-0.05, 0) is 50.7 Å². The molecule has 0 aliphatic heterocycles. The topological polar surface area (TPSA) is 69.6 Å². The predicted molar refractivity (Wildman–Crippen MR) is 226 cm³/mol. The van der Waals surface area contributed by atoms with Crippen LogP contribution in [-0.4, -0.2) is 80.9 Å². The van der Waals surface area contributed by atoms with E-state index in [1.165, 1.54) is 135 Å². The molecule has 0 aromatic carbocycles. The van der Waals surface area contributed by atoms with Crippen molar-refractivity contribution in [1.29, 1.82) is 0 Å². The lowest BCUT2D eigenvalue weighted by molar-refractivity contribution is -0.123. The highest BCUT2D eigenvalue weighted by molar-refractivity contribution is 8.03. The van der Waals surface area contributed by atoms with Crippen LogP contribution in [0.3, 0.4) is 0 Å². The molecular weight excluding hydrogens is 671 g/mol. The van der Waals surface area contributed by atoms with Gasteiger partial charge in [0.15, 0.2) is 0 Å². The quantitative estimate of drug-likeness (QED) is 0.0546. The first-order valence-electron chi connectivity index (χ1n) is 20.1. The lowest BCUT2D eigenvalue weighted by Crippen LogP contribution is -2.52. The second kappa shape index (κ2) is 36.2. The van der Waals surface area contributed by atoms with E-state index in [-0.39, 0.29) is 23.0 Å². The van der Waals surface area contributed by atoms with Crippen LogP contribution in [0.15, 0.2) is 0 Å². The van der Waals surface area contributed by atoms with Crippen LogP contribution in [0.2, 0.25) is 0 Å². The van der Waals surface area contributed by atoms with Gasteiger partial charge in [0.05, 0.1) is 18.8 Å². The number of thioether (sulfide) groups is 4. The summed E-state index contributed by atoms with van der Waals surface area (Å²) in [5, 5.41) is 26.1.